The van der Waals surface area contributed by atoms with Gasteiger partial charge in [0.25, 0.3) is 0 Å². The molecule has 3 unspecified atom stereocenters. The largest absolute Gasteiger partial charge is 0.508 e. The second-order valence-corrected chi connectivity index (χ2v) is 8.84. The molecule has 0 saturated carbocycles. The van der Waals surface area contributed by atoms with Crippen LogP contribution in [0.3, 0.4) is 0 Å². The van der Waals surface area contributed by atoms with E-state index in [1.807, 2.05) is 13.8 Å². The molecule has 3 N–H and O–H groups in total. The first-order valence-electron chi connectivity index (χ1n) is 10.9. The number of aromatic hydroxyl groups is 1. The third kappa shape index (κ3) is 8.61. The number of ether oxygens (including phenoxy) is 1. The summed E-state index contributed by atoms with van der Waals surface area (Å²) >= 11 is 0. The van der Waals surface area contributed by atoms with Gasteiger partial charge < -0.3 is 25.4 Å². The van der Waals surface area contributed by atoms with E-state index in [1.54, 1.807) is 32.9 Å². The Balaban J connectivity index is 3.25. The Morgan fingerprint density at radius 3 is 2.41 bits per heavy atom. The van der Waals surface area contributed by atoms with Crippen molar-refractivity contribution in [3.63, 3.8) is 0 Å². The van der Waals surface area contributed by atoms with Crippen LogP contribution < -0.4 is 10.6 Å². The summed E-state index contributed by atoms with van der Waals surface area (Å²) < 4.78 is 5.23. The number of nitrogens with zero attached hydrogens (tertiary/aromatic N) is 1. The molecule has 0 spiro atoms. The van der Waals surface area contributed by atoms with Gasteiger partial charge in [0.15, 0.2) is 0 Å². The van der Waals surface area contributed by atoms with Gasteiger partial charge in [-0.25, -0.2) is 4.79 Å². The highest BCUT2D eigenvalue weighted by atomic mass is 16.6. The van der Waals surface area contributed by atoms with Crippen LogP contribution in [0.15, 0.2) is 36.9 Å². The zero-order chi connectivity index (χ0) is 24.5. The molecule has 8 nitrogen and oxygen atoms in total. The first kappa shape index (κ1) is 27.0. The predicted molar refractivity (Wildman–Crippen MR) is 124 cm³/mol. The minimum atomic E-state index is -1.02. The number of hydrogen-bond acceptors (Lipinski definition) is 5. The number of nitrogens with one attached hydrogen (secondary N) is 2. The van der Waals surface area contributed by atoms with E-state index < -0.39 is 29.7 Å². The topological polar surface area (TPSA) is 108 Å². The lowest BCUT2D eigenvalue weighted by Gasteiger charge is -2.33. The monoisotopic (exact) mass is 447 g/mol. The van der Waals surface area contributed by atoms with E-state index in [1.165, 1.54) is 30.0 Å². The van der Waals surface area contributed by atoms with Crippen molar-refractivity contribution < 1.29 is 24.2 Å². The molecule has 0 aliphatic heterocycles. The number of alkyl carbamates (subject to hydrolysis) is 1. The van der Waals surface area contributed by atoms with Crippen molar-refractivity contribution in [2.45, 2.75) is 78.1 Å². The van der Waals surface area contributed by atoms with E-state index in [4.69, 9.17) is 4.74 Å². The minimum Gasteiger partial charge on any atom is -0.508 e. The summed E-state index contributed by atoms with van der Waals surface area (Å²) in [7, 11) is 0. The molecule has 178 valence electrons. The molecular formula is C24H37N3O5. The minimum absolute atomic E-state index is 0.0205. The molecule has 1 rings (SSSR count). The van der Waals surface area contributed by atoms with E-state index in [0.717, 1.165) is 12.8 Å². The highest BCUT2D eigenvalue weighted by molar-refractivity contribution is 5.92. The van der Waals surface area contributed by atoms with Crippen molar-refractivity contribution in [3.8, 4) is 5.75 Å². The zero-order valence-electron chi connectivity index (χ0n) is 20.0. The van der Waals surface area contributed by atoms with Crippen molar-refractivity contribution in [1.29, 1.82) is 0 Å². The lowest BCUT2D eigenvalue weighted by molar-refractivity contribution is -0.141. The Hall–Kier alpha value is -3.03. The van der Waals surface area contributed by atoms with Gasteiger partial charge in [0.1, 0.15) is 23.4 Å². The van der Waals surface area contributed by atoms with Crippen molar-refractivity contribution in [1.82, 2.24) is 15.5 Å². The number of carbonyl (C=O) groups is 3. The fraction of sp³-hybridized carbons (Fsp3) is 0.542. The lowest BCUT2D eigenvalue weighted by atomic mass is 10.0. The average molecular weight is 448 g/mol. The van der Waals surface area contributed by atoms with Crippen LogP contribution in [0.2, 0.25) is 0 Å². The van der Waals surface area contributed by atoms with Crippen molar-refractivity contribution >= 4 is 17.9 Å². The summed E-state index contributed by atoms with van der Waals surface area (Å²) in [5.74, 6) is -0.883. The molecule has 0 radical (unpaired) electrons. The van der Waals surface area contributed by atoms with Crippen LogP contribution in [0.25, 0.3) is 0 Å². The van der Waals surface area contributed by atoms with Crippen molar-refractivity contribution in [2.24, 2.45) is 0 Å². The molecule has 1 aromatic rings. The Morgan fingerprint density at radius 2 is 1.88 bits per heavy atom. The summed E-state index contributed by atoms with van der Waals surface area (Å²) in [4.78, 5) is 40.1. The SMILES string of the molecule is C=CCN(C(=O)C(C)NC(=O)OC(C)(C)C)C(C(=O)NC(C)CCC)c1cccc(O)c1. The first-order valence-corrected chi connectivity index (χ1v) is 10.9. The molecule has 0 aliphatic carbocycles. The molecule has 0 bridgehead atoms. The fourth-order valence-corrected chi connectivity index (χ4v) is 3.25. The Labute approximate surface area is 191 Å². The van der Waals surface area contributed by atoms with Crippen LogP contribution in [0.1, 0.15) is 66.0 Å². The van der Waals surface area contributed by atoms with E-state index in [9.17, 15) is 19.5 Å². The van der Waals surface area contributed by atoms with E-state index in [0.29, 0.717) is 5.56 Å². The maximum absolute atomic E-state index is 13.3. The highest BCUT2D eigenvalue weighted by Crippen LogP contribution is 2.26. The molecular weight excluding hydrogens is 410 g/mol. The first-order chi connectivity index (χ1) is 14.9. The van der Waals surface area contributed by atoms with Gasteiger partial charge in [0.2, 0.25) is 11.8 Å². The smallest absolute Gasteiger partial charge is 0.408 e. The number of amides is 3. The van der Waals surface area contributed by atoms with Gasteiger partial charge in [0.05, 0.1) is 0 Å². The molecule has 0 aromatic heterocycles. The Morgan fingerprint density at radius 1 is 1.22 bits per heavy atom. The van der Waals surface area contributed by atoms with Crippen molar-refractivity contribution in [3.05, 3.63) is 42.5 Å². The molecule has 0 aliphatic rings. The number of carbonyl (C=O) groups excluding carboxylic acids is 3. The second kappa shape index (κ2) is 12.1. The van der Waals surface area contributed by atoms with Crippen LogP contribution in [-0.4, -0.2) is 52.1 Å². The predicted octanol–water partition coefficient (Wildman–Crippen LogP) is 3.67. The molecule has 1 aromatic carbocycles. The number of phenols is 1. The summed E-state index contributed by atoms with van der Waals surface area (Å²) in [5, 5.41) is 15.4. The fourth-order valence-electron chi connectivity index (χ4n) is 3.25. The quantitative estimate of drug-likeness (QED) is 0.474. The second-order valence-electron chi connectivity index (χ2n) is 8.84. The van der Waals surface area contributed by atoms with Gasteiger partial charge in [-0.05, 0) is 58.7 Å². The zero-order valence-corrected chi connectivity index (χ0v) is 20.0. The van der Waals surface area contributed by atoms with Gasteiger partial charge in [-0.2, -0.15) is 0 Å². The Kier molecular flexibility index (Phi) is 10.2. The number of benzene rings is 1. The molecule has 8 heteroatoms. The number of rotatable bonds is 10. The third-order valence-electron chi connectivity index (χ3n) is 4.57. The van der Waals surface area contributed by atoms with E-state index >= 15 is 0 Å². The van der Waals surface area contributed by atoms with Gasteiger partial charge in [-0.15, -0.1) is 6.58 Å². The lowest BCUT2D eigenvalue weighted by Crippen LogP contribution is -2.52. The molecule has 32 heavy (non-hydrogen) atoms. The summed E-state index contributed by atoms with van der Waals surface area (Å²) in [6, 6.07) is 4.16. The summed E-state index contributed by atoms with van der Waals surface area (Å²) in [5.41, 5.74) is -0.265. The summed E-state index contributed by atoms with van der Waals surface area (Å²) in [6.07, 6.45) is 2.46. The average Bonchev–Trinajstić information content (AvgIpc) is 2.65. The molecule has 3 amide bonds. The molecule has 0 saturated heterocycles. The maximum atomic E-state index is 13.3. The normalized spacial score (nSPS) is 13.9. The molecule has 0 heterocycles. The highest BCUT2D eigenvalue weighted by Gasteiger charge is 2.34. The molecule has 0 fully saturated rings. The van der Waals surface area contributed by atoms with Gasteiger partial charge in [-0.3, -0.25) is 9.59 Å². The van der Waals surface area contributed by atoms with Gasteiger partial charge >= 0.3 is 6.09 Å². The Bertz CT molecular complexity index is 803. The third-order valence-corrected chi connectivity index (χ3v) is 4.57. The van der Waals surface area contributed by atoms with Gasteiger partial charge in [0, 0.05) is 12.6 Å². The van der Waals surface area contributed by atoms with E-state index in [2.05, 4.69) is 17.2 Å². The van der Waals surface area contributed by atoms with Crippen LogP contribution in [0.4, 0.5) is 4.79 Å². The van der Waals surface area contributed by atoms with Crippen LogP contribution in [-0.2, 0) is 14.3 Å². The van der Waals surface area contributed by atoms with Gasteiger partial charge in [-0.1, -0.05) is 31.6 Å². The van der Waals surface area contributed by atoms with Crippen LogP contribution in [0.5, 0.6) is 5.75 Å². The standard InChI is InChI=1S/C24H37N3O5/c1-8-11-16(3)25-21(29)20(18-12-10-13-19(28)15-18)27(14-9-2)22(30)17(4)26-23(31)32-24(5,6)7/h9-10,12-13,15-17,20,28H,2,8,11,14H2,1,3-7H3,(H,25,29)(H,26,31). The summed E-state index contributed by atoms with van der Waals surface area (Å²) in [6.45, 7) is 14.4. The van der Waals surface area contributed by atoms with E-state index in [-0.39, 0.29) is 24.2 Å². The molecule has 3 atom stereocenters. The van der Waals surface area contributed by atoms with Crippen molar-refractivity contribution in [2.75, 3.05) is 6.54 Å². The number of hydrogen-bond donors (Lipinski definition) is 3. The maximum Gasteiger partial charge on any atom is 0.408 e. The van der Waals surface area contributed by atoms with Crippen LogP contribution in [0, 0.1) is 0 Å². The van der Waals surface area contributed by atoms with Crippen LogP contribution >= 0.6 is 0 Å². The number of phenolic OH excluding ortho intramolecular Hbond substituents is 1.